The molecule has 1 atom stereocenters. The highest BCUT2D eigenvalue weighted by Gasteiger charge is 2.21. The Hall–Kier alpha value is -2.64. The summed E-state index contributed by atoms with van der Waals surface area (Å²) in [6, 6.07) is 15.2. The van der Waals surface area contributed by atoms with Gasteiger partial charge in [0.1, 0.15) is 0 Å². The molecule has 0 aliphatic rings. The maximum atomic E-state index is 13.5. The van der Waals surface area contributed by atoms with Gasteiger partial charge in [0.2, 0.25) is 5.91 Å². The Bertz CT molecular complexity index is 1110. The van der Waals surface area contributed by atoms with Crippen molar-refractivity contribution in [2.24, 2.45) is 0 Å². The van der Waals surface area contributed by atoms with E-state index in [9.17, 15) is 9.59 Å². The van der Waals surface area contributed by atoms with Crippen molar-refractivity contribution in [3.8, 4) is 5.69 Å². The molecule has 1 aromatic heterocycles. The molecule has 0 spiro atoms. The molecule has 0 bridgehead atoms. The summed E-state index contributed by atoms with van der Waals surface area (Å²) in [6.45, 7) is 7.17. The number of hydrogen-bond acceptors (Lipinski definition) is 5. The molecule has 0 aliphatic heterocycles. The summed E-state index contributed by atoms with van der Waals surface area (Å²) in [4.78, 5) is 30.9. The second-order valence-corrected chi connectivity index (χ2v) is 8.97. The summed E-state index contributed by atoms with van der Waals surface area (Å²) in [7, 11) is 1.64. The van der Waals surface area contributed by atoms with E-state index >= 15 is 0 Å². The molecule has 1 N–H and O–H groups in total. The van der Waals surface area contributed by atoms with E-state index in [1.165, 1.54) is 11.8 Å². The molecule has 3 rings (SSSR count). The lowest BCUT2D eigenvalue weighted by Gasteiger charge is -2.19. The molecule has 31 heavy (non-hydrogen) atoms. The lowest BCUT2D eigenvalue weighted by atomic mass is 10.0. The van der Waals surface area contributed by atoms with Crippen LogP contribution in [0.15, 0.2) is 58.5 Å². The third kappa shape index (κ3) is 5.35. The maximum absolute atomic E-state index is 13.5. The fraction of sp³-hybridized carbons (Fsp3) is 0.375. The molecule has 164 valence electrons. The van der Waals surface area contributed by atoms with Crippen LogP contribution in [0.3, 0.4) is 0 Å². The van der Waals surface area contributed by atoms with Crippen molar-refractivity contribution in [1.29, 1.82) is 0 Å². The van der Waals surface area contributed by atoms with Gasteiger partial charge >= 0.3 is 0 Å². The van der Waals surface area contributed by atoms with Crippen molar-refractivity contribution in [1.82, 2.24) is 14.9 Å². The number of carbonyl (C=O) groups excluding carboxylic acids is 1. The van der Waals surface area contributed by atoms with Crippen LogP contribution < -0.4 is 10.9 Å². The quantitative estimate of drug-likeness (QED) is 0.308. The highest BCUT2D eigenvalue weighted by atomic mass is 32.2. The second kappa shape index (κ2) is 10.6. The number of rotatable bonds is 9. The van der Waals surface area contributed by atoms with Crippen LogP contribution in [0.2, 0.25) is 0 Å². The van der Waals surface area contributed by atoms with Crippen LogP contribution >= 0.6 is 11.8 Å². The van der Waals surface area contributed by atoms with E-state index in [0.29, 0.717) is 29.2 Å². The normalized spacial score (nSPS) is 12.3. The van der Waals surface area contributed by atoms with Crippen LogP contribution in [0.4, 0.5) is 0 Å². The zero-order chi connectivity index (χ0) is 22.4. The van der Waals surface area contributed by atoms with E-state index in [-0.39, 0.29) is 17.4 Å². The van der Waals surface area contributed by atoms with E-state index in [1.54, 1.807) is 17.7 Å². The summed E-state index contributed by atoms with van der Waals surface area (Å²) in [5.41, 5.74) is 2.35. The van der Waals surface area contributed by atoms with Crippen molar-refractivity contribution in [3.05, 3.63) is 64.4 Å². The van der Waals surface area contributed by atoms with Gasteiger partial charge in [-0.15, -0.1) is 0 Å². The Morgan fingerprint density at radius 2 is 1.84 bits per heavy atom. The highest BCUT2D eigenvalue weighted by molar-refractivity contribution is 8.00. The second-order valence-electron chi connectivity index (χ2n) is 7.66. The number of hydrogen-bond donors (Lipinski definition) is 1. The highest BCUT2D eigenvalue weighted by Crippen LogP contribution is 2.29. The van der Waals surface area contributed by atoms with Crippen LogP contribution in [-0.4, -0.2) is 41.0 Å². The molecule has 6 nitrogen and oxygen atoms in total. The number of benzene rings is 2. The Kier molecular flexibility index (Phi) is 7.87. The Labute approximate surface area is 187 Å². The molecular formula is C24H29N3O3S. The van der Waals surface area contributed by atoms with Crippen LogP contribution in [0, 0.1) is 0 Å². The van der Waals surface area contributed by atoms with Crippen molar-refractivity contribution >= 4 is 28.6 Å². The minimum Gasteiger partial charge on any atom is -0.385 e. The van der Waals surface area contributed by atoms with E-state index < -0.39 is 5.25 Å². The van der Waals surface area contributed by atoms with Gasteiger partial charge in [-0.05, 0) is 43.0 Å². The number of aromatic nitrogens is 2. The SMILES string of the molecule is COCCCNC(=O)C(C)Sc1nc2ccccc2c(=O)n1-c1ccccc1C(C)C. The van der Waals surface area contributed by atoms with Crippen LogP contribution in [0.25, 0.3) is 16.6 Å². The molecule has 1 amide bonds. The fourth-order valence-electron chi connectivity index (χ4n) is 3.37. The van der Waals surface area contributed by atoms with Gasteiger partial charge in [0.05, 0.1) is 21.8 Å². The number of amides is 1. The van der Waals surface area contributed by atoms with Gasteiger partial charge in [-0.2, -0.15) is 0 Å². The lowest BCUT2D eigenvalue weighted by Crippen LogP contribution is -2.33. The molecule has 1 unspecified atom stereocenters. The molecule has 0 fully saturated rings. The van der Waals surface area contributed by atoms with Gasteiger partial charge < -0.3 is 10.1 Å². The summed E-state index contributed by atoms with van der Waals surface area (Å²) < 4.78 is 6.67. The molecule has 0 saturated heterocycles. The first kappa shape index (κ1) is 23.0. The van der Waals surface area contributed by atoms with Crippen LogP contribution in [0.1, 0.15) is 38.7 Å². The molecule has 3 aromatic rings. The molecule has 0 radical (unpaired) electrons. The Morgan fingerprint density at radius 3 is 2.58 bits per heavy atom. The smallest absolute Gasteiger partial charge is 0.266 e. The predicted molar refractivity (Wildman–Crippen MR) is 126 cm³/mol. The number of ether oxygens (including phenoxy) is 1. The van der Waals surface area contributed by atoms with Gasteiger partial charge in [-0.1, -0.05) is 55.9 Å². The molecule has 1 heterocycles. The van der Waals surface area contributed by atoms with Crippen LogP contribution in [0.5, 0.6) is 0 Å². The summed E-state index contributed by atoms with van der Waals surface area (Å²) >= 11 is 1.29. The number of fused-ring (bicyclic) bond motifs is 1. The first-order valence-electron chi connectivity index (χ1n) is 10.5. The van der Waals surface area contributed by atoms with Crippen LogP contribution in [-0.2, 0) is 9.53 Å². The minimum atomic E-state index is -0.409. The van der Waals surface area contributed by atoms with Crippen molar-refractivity contribution in [2.75, 3.05) is 20.3 Å². The maximum Gasteiger partial charge on any atom is 0.266 e. The Balaban J connectivity index is 2.04. The number of para-hydroxylation sites is 2. The van der Waals surface area contributed by atoms with Gasteiger partial charge in [-0.25, -0.2) is 4.98 Å². The fourth-order valence-corrected chi connectivity index (χ4v) is 4.31. The zero-order valence-electron chi connectivity index (χ0n) is 18.4. The number of nitrogens with zero attached hydrogens (tertiary/aromatic N) is 2. The topological polar surface area (TPSA) is 73.2 Å². The average molecular weight is 440 g/mol. The first-order valence-corrected chi connectivity index (χ1v) is 11.4. The molecule has 7 heteroatoms. The van der Waals surface area contributed by atoms with Crippen molar-refractivity contribution < 1.29 is 9.53 Å². The number of nitrogens with one attached hydrogen (secondary N) is 1. The van der Waals surface area contributed by atoms with E-state index in [2.05, 4.69) is 19.2 Å². The van der Waals surface area contributed by atoms with Gasteiger partial charge in [0.25, 0.3) is 5.56 Å². The van der Waals surface area contributed by atoms with E-state index in [1.807, 2.05) is 49.4 Å². The number of methoxy groups -OCH3 is 1. The largest absolute Gasteiger partial charge is 0.385 e. The van der Waals surface area contributed by atoms with Crippen molar-refractivity contribution in [3.63, 3.8) is 0 Å². The third-order valence-corrected chi connectivity index (χ3v) is 6.07. The standard InChI is InChI=1S/C24H29N3O3S/c1-16(2)18-10-6-8-13-21(18)27-23(29)19-11-5-7-12-20(19)26-24(27)31-17(3)22(28)25-14-9-15-30-4/h5-8,10-13,16-17H,9,14-15H2,1-4H3,(H,25,28). The van der Waals surface area contributed by atoms with E-state index in [0.717, 1.165) is 17.7 Å². The summed E-state index contributed by atoms with van der Waals surface area (Å²) in [6.07, 6.45) is 0.750. The third-order valence-electron chi connectivity index (χ3n) is 5.02. The predicted octanol–water partition coefficient (Wildman–Crippen LogP) is 4.14. The molecule has 0 aliphatic carbocycles. The van der Waals surface area contributed by atoms with Gasteiger partial charge in [-0.3, -0.25) is 14.2 Å². The summed E-state index contributed by atoms with van der Waals surface area (Å²) in [5, 5.41) is 3.58. The molecule has 2 aromatic carbocycles. The van der Waals surface area contributed by atoms with Gasteiger partial charge in [0.15, 0.2) is 5.16 Å². The zero-order valence-corrected chi connectivity index (χ0v) is 19.2. The van der Waals surface area contributed by atoms with E-state index in [4.69, 9.17) is 9.72 Å². The number of carbonyl (C=O) groups is 1. The van der Waals surface area contributed by atoms with Gasteiger partial charge in [0, 0.05) is 20.3 Å². The summed E-state index contributed by atoms with van der Waals surface area (Å²) in [5.74, 6) is 0.140. The Morgan fingerprint density at radius 1 is 1.13 bits per heavy atom. The van der Waals surface area contributed by atoms with Crippen molar-refractivity contribution in [2.45, 2.75) is 43.5 Å². The average Bonchev–Trinajstić information content (AvgIpc) is 2.77. The molecular weight excluding hydrogens is 410 g/mol. The molecule has 0 saturated carbocycles. The minimum absolute atomic E-state index is 0.0906. The number of thioether (sulfide) groups is 1. The monoisotopic (exact) mass is 439 g/mol. The first-order chi connectivity index (χ1) is 14.9. The lowest BCUT2D eigenvalue weighted by molar-refractivity contribution is -0.120.